The molecule has 0 bridgehead atoms. The average molecular weight is 270 g/mol. The number of anilines is 1. The molecule has 3 heteroatoms. The smallest absolute Gasteiger partial charge is 0.0467 e. The standard InChI is InChI=1S/C14H20ClNS/c1-2-10-4-3-5-12(8-10)17-14-7-6-11(15)9-13(14)16/h6-7,9-10,12H,2-5,8,16H2,1H3. The van der Waals surface area contributed by atoms with Crippen LogP contribution in [0.2, 0.25) is 5.02 Å². The minimum Gasteiger partial charge on any atom is -0.398 e. The zero-order valence-electron chi connectivity index (χ0n) is 10.3. The number of nitrogen functional groups attached to an aromatic ring is 1. The van der Waals surface area contributed by atoms with Gasteiger partial charge < -0.3 is 5.73 Å². The van der Waals surface area contributed by atoms with Gasteiger partial charge in [-0.1, -0.05) is 37.8 Å². The van der Waals surface area contributed by atoms with Crippen LogP contribution in [0.5, 0.6) is 0 Å². The van der Waals surface area contributed by atoms with Crippen LogP contribution >= 0.6 is 23.4 Å². The van der Waals surface area contributed by atoms with Gasteiger partial charge >= 0.3 is 0 Å². The van der Waals surface area contributed by atoms with Crippen LogP contribution in [0.15, 0.2) is 23.1 Å². The van der Waals surface area contributed by atoms with E-state index in [-0.39, 0.29) is 0 Å². The number of hydrogen-bond donors (Lipinski definition) is 1. The van der Waals surface area contributed by atoms with Crippen molar-refractivity contribution in [1.29, 1.82) is 0 Å². The van der Waals surface area contributed by atoms with E-state index in [0.717, 1.165) is 21.9 Å². The van der Waals surface area contributed by atoms with E-state index >= 15 is 0 Å². The maximum absolute atomic E-state index is 6.00. The van der Waals surface area contributed by atoms with Crippen molar-refractivity contribution in [2.45, 2.75) is 49.2 Å². The SMILES string of the molecule is CCC1CCCC(Sc2ccc(Cl)cc2N)C1. The summed E-state index contributed by atoms with van der Waals surface area (Å²) in [5, 5.41) is 1.46. The van der Waals surface area contributed by atoms with Gasteiger partial charge in [0.2, 0.25) is 0 Å². The van der Waals surface area contributed by atoms with Crippen molar-refractivity contribution >= 4 is 29.1 Å². The molecule has 0 aromatic heterocycles. The Morgan fingerprint density at radius 1 is 1.41 bits per heavy atom. The van der Waals surface area contributed by atoms with Crippen LogP contribution in [0.4, 0.5) is 5.69 Å². The minimum atomic E-state index is 0.724. The zero-order chi connectivity index (χ0) is 12.3. The molecule has 1 aromatic carbocycles. The first-order valence-corrected chi connectivity index (χ1v) is 7.66. The zero-order valence-corrected chi connectivity index (χ0v) is 11.9. The molecule has 94 valence electrons. The van der Waals surface area contributed by atoms with Crippen LogP contribution in [0.1, 0.15) is 39.0 Å². The molecule has 2 N–H and O–H groups in total. The summed E-state index contributed by atoms with van der Waals surface area (Å²) in [5.74, 6) is 0.912. The fraction of sp³-hybridized carbons (Fsp3) is 0.571. The fourth-order valence-electron chi connectivity index (χ4n) is 2.53. The molecule has 1 fully saturated rings. The summed E-state index contributed by atoms with van der Waals surface area (Å²) < 4.78 is 0. The first-order valence-electron chi connectivity index (χ1n) is 6.40. The highest BCUT2D eigenvalue weighted by molar-refractivity contribution is 8.00. The van der Waals surface area contributed by atoms with E-state index in [2.05, 4.69) is 13.0 Å². The van der Waals surface area contributed by atoms with Gasteiger partial charge in [-0.05, 0) is 37.0 Å². The van der Waals surface area contributed by atoms with Crippen molar-refractivity contribution in [2.75, 3.05) is 5.73 Å². The predicted molar refractivity (Wildman–Crippen MR) is 77.8 cm³/mol. The van der Waals surface area contributed by atoms with Gasteiger partial charge in [-0.15, -0.1) is 11.8 Å². The van der Waals surface area contributed by atoms with Gasteiger partial charge in [-0.3, -0.25) is 0 Å². The minimum absolute atomic E-state index is 0.724. The quantitative estimate of drug-likeness (QED) is 0.783. The van der Waals surface area contributed by atoms with Gasteiger partial charge in [0.15, 0.2) is 0 Å². The Hall–Kier alpha value is -0.340. The van der Waals surface area contributed by atoms with Crippen molar-refractivity contribution in [2.24, 2.45) is 5.92 Å². The number of hydrogen-bond acceptors (Lipinski definition) is 2. The predicted octanol–water partition coefficient (Wildman–Crippen LogP) is 4.98. The van der Waals surface area contributed by atoms with Crippen LogP contribution in [0, 0.1) is 5.92 Å². The first-order chi connectivity index (χ1) is 8.19. The average Bonchev–Trinajstić information content (AvgIpc) is 2.33. The number of rotatable bonds is 3. The van der Waals surface area contributed by atoms with Crippen LogP contribution < -0.4 is 5.73 Å². The molecule has 2 atom stereocenters. The molecule has 0 saturated heterocycles. The molecule has 2 unspecified atom stereocenters. The Morgan fingerprint density at radius 3 is 2.94 bits per heavy atom. The lowest BCUT2D eigenvalue weighted by Crippen LogP contribution is -2.16. The van der Waals surface area contributed by atoms with Gasteiger partial charge in [0.25, 0.3) is 0 Å². The third-order valence-corrected chi connectivity index (χ3v) is 5.20. The van der Waals surface area contributed by atoms with E-state index in [1.54, 1.807) is 0 Å². The third-order valence-electron chi connectivity index (χ3n) is 3.58. The highest BCUT2D eigenvalue weighted by Gasteiger charge is 2.22. The molecule has 0 aliphatic heterocycles. The maximum Gasteiger partial charge on any atom is 0.0467 e. The lowest BCUT2D eigenvalue weighted by atomic mass is 9.87. The highest BCUT2D eigenvalue weighted by Crippen LogP contribution is 2.39. The Morgan fingerprint density at radius 2 is 2.24 bits per heavy atom. The molecule has 1 aromatic rings. The van der Waals surface area contributed by atoms with Crippen LogP contribution in [0.25, 0.3) is 0 Å². The molecule has 17 heavy (non-hydrogen) atoms. The van der Waals surface area contributed by atoms with E-state index in [4.69, 9.17) is 17.3 Å². The van der Waals surface area contributed by atoms with Crippen molar-refractivity contribution in [3.8, 4) is 0 Å². The third kappa shape index (κ3) is 3.56. The molecule has 1 saturated carbocycles. The molecule has 1 aliphatic rings. The summed E-state index contributed by atoms with van der Waals surface area (Å²) >= 11 is 7.85. The number of benzene rings is 1. The summed E-state index contributed by atoms with van der Waals surface area (Å²) in [6, 6.07) is 5.84. The van der Waals surface area contributed by atoms with E-state index in [1.807, 2.05) is 23.9 Å². The number of halogens is 1. The highest BCUT2D eigenvalue weighted by atomic mass is 35.5. The second-order valence-corrected chi connectivity index (χ2v) is 6.64. The lowest BCUT2D eigenvalue weighted by molar-refractivity contribution is 0.357. The molecule has 1 nitrogen and oxygen atoms in total. The Labute approximate surface area is 113 Å². The molecule has 1 aliphatic carbocycles. The second kappa shape index (κ2) is 6.01. The molecule has 0 spiro atoms. The normalized spacial score (nSPS) is 24.8. The van der Waals surface area contributed by atoms with Crippen molar-refractivity contribution in [1.82, 2.24) is 0 Å². The Kier molecular flexibility index (Phi) is 4.63. The van der Waals surface area contributed by atoms with E-state index in [9.17, 15) is 0 Å². The monoisotopic (exact) mass is 269 g/mol. The topological polar surface area (TPSA) is 26.0 Å². The molecule has 0 heterocycles. The van der Waals surface area contributed by atoms with Gasteiger partial charge in [-0.25, -0.2) is 0 Å². The first kappa shape index (κ1) is 13.1. The van der Waals surface area contributed by atoms with E-state index in [1.165, 1.54) is 37.0 Å². The van der Waals surface area contributed by atoms with Crippen molar-refractivity contribution < 1.29 is 0 Å². The fourth-order valence-corrected chi connectivity index (χ4v) is 4.06. The number of nitrogens with two attached hydrogens (primary N) is 1. The van der Waals surface area contributed by atoms with Gasteiger partial charge in [0, 0.05) is 20.9 Å². The van der Waals surface area contributed by atoms with Crippen LogP contribution in [-0.2, 0) is 0 Å². The van der Waals surface area contributed by atoms with Crippen molar-refractivity contribution in [3.63, 3.8) is 0 Å². The summed E-state index contributed by atoms with van der Waals surface area (Å²) in [4.78, 5) is 1.19. The lowest BCUT2D eigenvalue weighted by Gasteiger charge is -2.28. The van der Waals surface area contributed by atoms with Gasteiger partial charge in [-0.2, -0.15) is 0 Å². The van der Waals surface area contributed by atoms with Crippen LogP contribution in [0.3, 0.4) is 0 Å². The number of thioether (sulfide) groups is 1. The van der Waals surface area contributed by atoms with Crippen LogP contribution in [-0.4, -0.2) is 5.25 Å². The molecule has 2 rings (SSSR count). The Balaban J connectivity index is 2.00. The van der Waals surface area contributed by atoms with Gasteiger partial charge in [0.1, 0.15) is 0 Å². The van der Waals surface area contributed by atoms with E-state index < -0.39 is 0 Å². The Bertz CT molecular complexity index is 380. The summed E-state index contributed by atoms with van der Waals surface area (Å²) in [6.07, 6.45) is 6.74. The molecule has 0 amide bonds. The molecular formula is C14H20ClNS. The largest absolute Gasteiger partial charge is 0.398 e. The summed E-state index contributed by atoms with van der Waals surface area (Å²) in [5.41, 5.74) is 6.82. The molecule has 0 radical (unpaired) electrons. The van der Waals surface area contributed by atoms with Crippen molar-refractivity contribution in [3.05, 3.63) is 23.2 Å². The summed E-state index contributed by atoms with van der Waals surface area (Å²) in [6.45, 7) is 2.30. The summed E-state index contributed by atoms with van der Waals surface area (Å²) in [7, 11) is 0. The van der Waals surface area contributed by atoms with E-state index in [0.29, 0.717) is 0 Å². The molecular weight excluding hydrogens is 250 g/mol. The second-order valence-electron chi connectivity index (χ2n) is 4.86. The maximum atomic E-state index is 6.00. The van der Waals surface area contributed by atoms with Gasteiger partial charge in [0.05, 0.1) is 0 Å².